The highest BCUT2D eigenvalue weighted by Crippen LogP contribution is 2.07. The number of rotatable bonds is 12. The van der Waals surface area contributed by atoms with Crippen molar-refractivity contribution in [3.8, 4) is 0 Å². The Morgan fingerprint density at radius 2 is 1.68 bits per heavy atom. The molecule has 178 valence electrons. The fourth-order valence-corrected chi connectivity index (χ4v) is 3.52. The van der Waals surface area contributed by atoms with E-state index in [9.17, 15) is 9.59 Å². The quantitative estimate of drug-likeness (QED) is 0.182. The normalized spacial score (nSPS) is 12.5. The lowest BCUT2D eigenvalue weighted by molar-refractivity contribution is -0.129. The summed E-state index contributed by atoms with van der Waals surface area (Å²) in [5.41, 5.74) is 9.12. The van der Waals surface area contributed by atoms with Crippen molar-refractivity contribution in [2.24, 2.45) is 5.73 Å². The maximum atomic E-state index is 13.0. The van der Waals surface area contributed by atoms with Gasteiger partial charge < -0.3 is 26.7 Å². The lowest BCUT2D eigenvalue weighted by atomic mass is 10.0. The van der Waals surface area contributed by atoms with Crippen LogP contribution in [-0.2, 0) is 29.1 Å². The number of aromatic nitrogens is 1. The van der Waals surface area contributed by atoms with Crippen molar-refractivity contribution < 1.29 is 9.59 Å². The maximum absolute atomic E-state index is 13.0. The first-order valence-electron chi connectivity index (χ1n) is 11.3. The van der Waals surface area contributed by atoms with Crippen LogP contribution < -0.4 is 21.7 Å². The molecule has 2 aromatic carbocycles. The number of carbonyl (C=O) groups is 2. The van der Waals surface area contributed by atoms with Crippen LogP contribution in [0.2, 0.25) is 0 Å². The number of aromatic amines is 1. The molecule has 0 spiro atoms. The van der Waals surface area contributed by atoms with E-state index in [2.05, 4.69) is 20.9 Å². The summed E-state index contributed by atoms with van der Waals surface area (Å²) < 4.78 is 0. The molecule has 34 heavy (non-hydrogen) atoms. The number of nitrogens with two attached hydrogens (primary N) is 1. The van der Waals surface area contributed by atoms with Gasteiger partial charge in [-0.25, -0.2) is 0 Å². The minimum atomic E-state index is -0.685. The van der Waals surface area contributed by atoms with Crippen LogP contribution >= 0.6 is 0 Å². The molecule has 3 rings (SSSR count). The van der Waals surface area contributed by atoms with Crippen LogP contribution in [0.5, 0.6) is 0 Å². The standard InChI is InChI=1S/C26H32N6O2/c1-18(25(33)31-16-20-9-12-21(13-10-20)24(27)28)32-26(34)23(30-17-22-8-5-15-29-22)14-11-19-6-3-2-4-7-19/h2-10,12-13,15,18,23,29-30H,11,14,16-17H2,1H3,(H3,27,28)(H,31,33)(H,32,34)/t18-,23+/m0/s1. The molecule has 1 heterocycles. The fraction of sp³-hybridized carbons (Fsp3) is 0.269. The largest absolute Gasteiger partial charge is 0.384 e. The summed E-state index contributed by atoms with van der Waals surface area (Å²) in [5.74, 6) is -0.482. The van der Waals surface area contributed by atoms with Gasteiger partial charge >= 0.3 is 0 Å². The zero-order chi connectivity index (χ0) is 24.3. The average Bonchev–Trinajstić information content (AvgIpc) is 3.37. The van der Waals surface area contributed by atoms with Crippen LogP contribution in [0, 0.1) is 5.41 Å². The van der Waals surface area contributed by atoms with E-state index in [1.807, 2.05) is 60.8 Å². The monoisotopic (exact) mass is 460 g/mol. The Bertz CT molecular complexity index is 1060. The van der Waals surface area contributed by atoms with Crippen LogP contribution in [-0.4, -0.2) is 34.7 Å². The zero-order valence-electron chi connectivity index (χ0n) is 19.3. The van der Waals surface area contributed by atoms with E-state index in [1.54, 1.807) is 19.1 Å². The molecule has 0 radical (unpaired) electrons. The van der Waals surface area contributed by atoms with Crippen molar-refractivity contribution in [1.29, 1.82) is 5.41 Å². The van der Waals surface area contributed by atoms with Crippen molar-refractivity contribution >= 4 is 17.6 Å². The van der Waals surface area contributed by atoms with Crippen LogP contribution in [0.1, 0.15) is 35.7 Å². The Balaban J connectivity index is 1.53. The molecule has 0 aliphatic rings. The molecule has 2 atom stereocenters. The summed E-state index contributed by atoms with van der Waals surface area (Å²) in [7, 11) is 0. The molecule has 0 aliphatic carbocycles. The zero-order valence-corrected chi connectivity index (χ0v) is 19.3. The van der Waals surface area contributed by atoms with E-state index in [1.165, 1.54) is 0 Å². The number of benzene rings is 2. The summed E-state index contributed by atoms with van der Waals surface area (Å²) >= 11 is 0. The highest BCUT2D eigenvalue weighted by atomic mass is 16.2. The van der Waals surface area contributed by atoms with Gasteiger partial charge in [0.2, 0.25) is 11.8 Å². The van der Waals surface area contributed by atoms with E-state index in [0.29, 0.717) is 25.1 Å². The number of aryl methyl sites for hydroxylation is 1. The lowest BCUT2D eigenvalue weighted by Crippen LogP contribution is -2.51. The Hall–Kier alpha value is -3.91. The molecule has 3 aromatic rings. The van der Waals surface area contributed by atoms with Gasteiger partial charge in [0.15, 0.2) is 0 Å². The smallest absolute Gasteiger partial charge is 0.242 e. The second kappa shape index (κ2) is 12.4. The molecule has 8 nitrogen and oxygen atoms in total. The summed E-state index contributed by atoms with van der Waals surface area (Å²) in [6, 6.07) is 19.8. The summed E-state index contributed by atoms with van der Waals surface area (Å²) in [6.45, 7) is 2.52. The Kier molecular flexibility index (Phi) is 8.99. The average molecular weight is 461 g/mol. The number of amidine groups is 1. The van der Waals surface area contributed by atoms with E-state index in [4.69, 9.17) is 11.1 Å². The van der Waals surface area contributed by atoms with Crippen LogP contribution in [0.15, 0.2) is 72.9 Å². The SMILES string of the molecule is C[C@H](NC(=O)[C@@H](CCc1ccccc1)NCc1ccc[nH]1)C(=O)NCc1ccc(C(=N)N)cc1. The molecule has 0 fully saturated rings. The summed E-state index contributed by atoms with van der Waals surface area (Å²) in [5, 5.41) is 16.4. The first-order chi connectivity index (χ1) is 16.4. The van der Waals surface area contributed by atoms with E-state index in [0.717, 1.165) is 23.2 Å². The van der Waals surface area contributed by atoms with Gasteiger partial charge in [0.05, 0.1) is 6.04 Å². The van der Waals surface area contributed by atoms with Crippen molar-refractivity contribution in [2.45, 2.75) is 44.9 Å². The third kappa shape index (κ3) is 7.60. The highest BCUT2D eigenvalue weighted by Gasteiger charge is 2.22. The predicted molar refractivity (Wildman–Crippen MR) is 133 cm³/mol. The minimum absolute atomic E-state index is 0.00128. The number of H-pyrrole nitrogens is 1. The second-order valence-electron chi connectivity index (χ2n) is 8.21. The molecule has 0 saturated carbocycles. The topological polar surface area (TPSA) is 136 Å². The number of hydrogen-bond acceptors (Lipinski definition) is 4. The number of hydrogen-bond donors (Lipinski definition) is 6. The number of nitrogen functional groups attached to an aromatic ring is 1. The molecular weight excluding hydrogens is 428 g/mol. The predicted octanol–water partition coefficient (Wildman–Crippen LogP) is 2.21. The Morgan fingerprint density at radius 3 is 2.32 bits per heavy atom. The molecule has 0 bridgehead atoms. The second-order valence-corrected chi connectivity index (χ2v) is 8.21. The molecule has 7 N–H and O–H groups in total. The van der Waals surface area contributed by atoms with Crippen molar-refractivity contribution in [2.75, 3.05) is 0 Å². The molecule has 1 aromatic heterocycles. The maximum Gasteiger partial charge on any atom is 0.242 e. The third-order valence-electron chi connectivity index (χ3n) is 5.57. The molecule has 0 unspecified atom stereocenters. The number of amides is 2. The minimum Gasteiger partial charge on any atom is -0.384 e. The molecule has 2 amide bonds. The first-order valence-corrected chi connectivity index (χ1v) is 11.3. The van der Waals surface area contributed by atoms with E-state index in [-0.39, 0.29) is 17.6 Å². The molecule has 0 aliphatic heterocycles. The molecule has 8 heteroatoms. The third-order valence-corrected chi connectivity index (χ3v) is 5.57. The van der Waals surface area contributed by atoms with Gasteiger partial charge in [-0.3, -0.25) is 15.0 Å². The number of carbonyl (C=O) groups excluding carboxylic acids is 2. The van der Waals surface area contributed by atoms with Crippen LogP contribution in [0.3, 0.4) is 0 Å². The van der Waals surface area contributed by atoms with E-state index >= 15 is 0 Å². The van der Waals surface area contributed by atoms with Crippen LogP contribution in [0.4, 0.5) is 0 Å². The fourth-order valence-electron chi connectivity index (χ4n) is 3.52. The van der Waals surface area contributed by atoms with Gasteiger partial charge in [-0.05, 0) is 43.0 Å². The van der Waals surface area contributed by atoms with Gasteiger partial charge in [-0.2, -0.15) is 0 Å². The van der Waals surface area contributed by atoms with Gasteiger partial charge in [-0.1, -0.05) is 54.6 Å². The van der Waals surface area contributed by atoms with Crippen molar-refractivity contribution in [3.05, 3.63) is 95.3 Å². The van der Waals surface area contributed by atoms with Crippen LogP contribution in [0.25, 0.3) is 0 Å². The lowest BCUT2D eigenvalue weighted by Gasteiger charge is -2.21. The highest BCUT2D eigenvalue weighted by molar-refractivity contribution is 5.95. The van der Waals surface area contributed by atoms with E-state index < -0.39 is 12.1 Å². The Labute approximate surface area is 199 Å². The summed E-state index contributed by atoms with van der Waals surface area (Å²) in [4.78, 5) is 28.7. The molecule has 0 saturated heterocycles. The Morgan fingerprint density at radius 1 is 0.941 bits per heavy atom. The summed E-state index contributed by atoms with van der Waals surface area (Å²) in [6.07, 6.45) is 3.19. The van der Waals surface area contributed by atoms with Gasteiger partial charge in [-0.15, -0.1) is 0 Å². The molecular formula is C26H32N6O2. The van der Waals surface area contributed by atoms with Crippen molar-refractivity contribution in [3.63, 3.8) is 0 Å². The van der Waals surface area contributed by atoms with Gasteiger partial charge in [0, 0.05) is 30.5 Å². The first kappa shape index (κ1) is 24.7. The van der Waals surface area contributed by atoms with Crippen molar-refractivity contribution in [1.82, 2.24) is 20.9 Å². The van der Waals surface area contributed by atoms with Gasteiger partial charge in [0.1, 0.15) is 11.9 Å². The van der Waals surface area contributed by atoms with Gasteiger partial charge in [0.25, 0.3) is 0 Å². The number of nitrogens with one attached hydrogen (secondary N) is 5.